The average Bonchev–Trinajstić information content (AvgIpc) is 2.26. The highest BCUT2D eigenvalue weighted by Crippen LogP contribution is 2.31. The second-order valence-corrected chi connectivity index (χ2v) is 8.20. The van der Waals surface area contributed by atoms with E-state index in [-0.39, 0.29) is 21.6 Å². The number of hydrogen-bond donors (Lipinski definition) is 2. The summed E-state index contributed by atoms with van der Waals surface area (Å²) in [4.78, 5) is -0.112. The van der Waals surface area contributed by atoms with Crippen LogP contribution in [0.25, 0.3) is 0 Å². The lowest BCUT2D eigenvalue weighted by molar-refractivity contribution is 0.557. The molecule has 1 aromatic carbocycles. The first-order valence-corrected chi connectivity index (χ1v) is 9.52. The molecule has 0 aliphatic rings. The van der Waals surface area contributed by atoms with Crippen LogP contribution in [0, 0.1) is 0 Å². The highest BCUT2D eigenvalue weighted by Gasteiger charge is 2.23. The fourth-order valence-electron chi connectivity index (χ4n) is 1.65. The molecule has 0 saturated heterocycles. The molecule has 20 heavy (non-hydrogen) atoms. The van der Waals surface area contributed by atoms with Crippen molar-refractivity contribution in [2.24, 2.45) is 0 Å². The third-order valence-electron chi connectivity index (χ3n) is 2.56. The molecular weight excluding hydrogens is 339 g/mol. The van der Waals surface area contributed by atoms with Gasteiger partial charge in [0.25, 0.3) is 0 Å². The van der Waals surface area contributed by atoms with E-state index >= 15 is 0 Å². The molecule has 1 unspecified atom stereocenters. The number of nitrogen functional groups attached to an aromatic ring is 1. The lowest BCUT2D eigenvalue weighted by Crippen LogP contribution is -2.33. The fraction of sp³-hybridized carbons (Fsp3) is 0.500. The number of rotatable bonds is 7. The van der Waals surface area contributed by atoms with E-state index in [4.69, 9.17) is 28.9 Å². The number of hydrogen-bond acceptors (Lipinski definition) is 4. The maximum Gasteiger partial charge on any atom is 0.244 e. The van der Waals surface area contributed by atoms with Gasteiger partial charge in [0.2, 0.25) is 10.0 Å². The molecule has 0 fully saturated rings. The van der Waals surface area contributed by atoms with Crippen LogP contribution in [-0.2, 0) is 10.0 Å². The molecule has 0 bridgehead atoms. The Bertz CT molecular complexity index is 542. The summed E-state index contributed by atoms with van der Waals surface area (Å²) in [6, 6.07) is 2.55. The third-order valence-corrected chi connectivity index (χ3v) is 5.83. The van der Waals surface area contributed by atoms with Gasteiger partial charge in [0.1, 0.15) is 4.90 Å². The topological polar surface area (TPSA) is 72.2 Å². The van der Waals surface area contributed by atoms with E-state index in [9.17, 15) is 8.42 Å². The maximum atomic E-state index is 12.3. The van der Waals surface area contributed by atoms with Crippen LogP contribution in [0.1, 0.15) is 20.3 Å². The lowest BCUT2D eigenvalue weighted by atomic mass is 10.3. The van der Waals surface area contributed by atoms with Gasteiger partial charge in [-0.2, -0.15) is 11.8 Å². The minimum absolute atomic E-state index is 0.0256. The number of thioether (sulfide) groups is 1. The minimum atomic E-state index is -3.75. The molecular formula is C12H18Cl2N2O2S2. The Morgan fingerprint density at radius 3 is 2.60 bits per heavy atom. The van der Waals surface area contributed by atoms with Gasteiger partial charge in [0.05, 0.1) is 10.7 Å². The van der Waals surface area contributed by atoms with Crippen molar-refractivity contribution >= 4 is 50.7 Å². The van der Waals surface area contributed by atoms with Gasteiger partial charge in [-0.15, -0.1) is 0 Å². The van der Waals surface area contributed by atoms with Crippen LogP contribution in [0.5, 0.6) is 0 Å². The predicted molar refractivity (Wildman–Crippen MR) is 88.3 cm³/mol. The Labute approximate surface area is 134 Å². The molecule has 0 aliphatic carbocycles. The Kier molecular flexibility index (Phi) is 6.94. The molecule has 0 heterocycles. The van der Waals surface area contributed by atoms with Gasteiger partial charge in [-0.25, -0.2) is 13.1 Å². The Morgan fingerprint density at radius 1 is 1.40 bits per heavy atom. The number of sulfonamides is 1. The van der Waals surface area contributed by atoms with Gasteiger partial charge in [0, 0.05) is 11.1 Å². The van der Waals surface area contributed by atoms with Crippen molar-refractivity contribution in [2.75, 3.05) is 17.2 Å². The van der Waals surface area contributed by atoms with E-state index in [2.05, 4.69) is 11.6 Å². The zero-order chi connectivity index (χ0) is 15.3. The van der Waals surface area contributed by atoms with Crippen LogP contribution < -0.4 is 10.5 Å². The number of nitrogens with one attached hydrogen (secondary N) is 1. The highest BCUT2D eigenvalue weighted by molar-refractivity contribution is 7.99. The number of benzene rings is 1. The summed E-state index contributed by atoms with van der Waals surface area (Å²) < 4.78 is 27.2. The molecule has 0 aliphatic heterocycles. The molecule has 0 amide bonds. The number of anilines is 1. The molecule has 3 N–H and O–H groups in total. The van der Waals surface area contributed by atoms with Crippen molar-refractivity contribution in [2.45, 2.75) is 31.2 Å². The van der Waals surface area contributed by atoms with E-state index in [0.717, 1.165) is 17.9 Å². The molecule has 0 radical (unpaired) electrons. The van der Waals surface area contributed by atoms with Crippen LogP contribution in [-0.4, -0.2) is 26.0 Å². The average molecular weight is 357 g/mol. The van der Waals surface area contributed by atoms with Crippen LogP contribution in [0.3, 0.4) is 0 Å². The monoisotopic (exact) mass is 356 g/mol. The summed E-state index contributed by atoms with van der Waals surface area (Å²) in [6.45, 7) is 3.88. The van der Waals surface area contributed by atoms with Crippen molar-refractivity contribution in [1.82, 2.24) is 4.72 Å². The quantitative estimate of drug-likeness (QED) is 0.580. The molecule has 0 aromatic heterocycles. The first-order valence-electron chi connectivity index (χ1n) is 6.12. The third kappa shape index (κ3) is 5.00. The van der Waals surface area contributed by atoms with Crippen molar-refractivity contribution < 1.29 is 8.42 Å². The normalized spacial score (nSPS) is 13.4. The summed E-state index contributed by atoms with van der Waals surface area (Å²) in [5.74, 6) is 1.90. The molecule has 0 saturated carbocycles. The summed E-state index contributed by atoms with van der Waals surface area (Å²) in [6.07, 6.45) is 0.739. The van der Waals surface area contributed by atoms with E-state index in [1.807, 2.05) is 6.92 Å². The van der Waals surface area contributed by atoms with Crippen LogP contribution >= 0.6 is 35.0 Å². The van der Waals surface area contributed by atoms with Gasteiger partial charge in [-0.1, -0.05) is 30.1 Å². The molecule has 8 heteroatoms. The molecule has 1 aromatic rings. The van der Waals surface area contributed by atoms with Crippen molar-refractivity contribution in [3.63, 3.8) is 0 Å². The Balaban J connectivity index is 2.89. The highest BCUT2D eigenvalue weighted by atomic mass is 35.5. The van der Waals surface area contributed by atoms with Crippen molar-refractivity contribution in [3.05, 3.63) is 22.2 Å². The van der Waals surface area contributed by atoms with Crippen LogP contribution in [0.15, 0.2) is 17.0 Å². The van der Waals surface area contributed by atoms with Crippen LogP contribution in [0.4, 0.5) is 5.69 Å². The first kappa shape index (κ1) is 17.9. The summed E-state index contributed by atoms with van der Waals surface area (Å²) >= 11 is 13.5. The minimum Gasteiger partial charge on any atom is -0.398 e. The Hall–Kier alpha value is -0.140. The summed E-state index contributed by atoms with van der Waals surface area (Å²) in [5, 5.41) is 0.330. The van der Waals surface area contributed by atoms with E-state index < -0.39 is 10.0 Å². The van der Waals surface area contributed by atoms with Gasteiger partial charge >= 0.3 is 0 Å². The largest absolute Gasteiger partial charge is 0.398 e. The van der Waals surface area contributed by atoms with Gasteiger partial charge in [-0.3, -0.25) is 0 Å². The second kappa shape index (κ2) is 7.75. The van der Waals surface area contributed by atoms with E-state index in [1.165, 1.54) is 12.1 Å². The molecule has 1 rings (SSSR count). The number of nitrogens with two attached hydrogens (primary N) is 1. The zero-order valence-electron chi connectivity index (χ0n) is 11.3. The van der Waals surface area contributed by atoms with E-state index in [1.54, 1.807) is 11.8 Å². The van der Waals surface area contributed by atoms with Crippen molar-refractivity contribution in [1.29, 1.82) is 0 Å². The molecule has 1 atom stereocenters. The first-order chi connectivity index (χ1) is 9.27. The molecule has 4 nitrogen and oxygen atoms in total. The second-order valence-electron chi connectivity index (χ2n) is 4.31. The van der Waals surface area contributed by atoms with Crippen molar-refractivity contribution in [3.8, 4) is 0 Å². The SMILES string of the molecule is CCSCCC(C)NS(=O)(=O)c1c(N)cc(Cl)cc1Cl. The maximum absolute atomic E-state index is 12.3. The standard InChI is InChI=1S/C12H18Cl2N2O2S2/c1-3-19-5-4-8(2)16-20(17,18)12-10(14)6-9(13)7-11(12)15/h6-8,16H,3-5,15H2,1-2H3. The predicted octanol–water partition coefficient (Wildman–Crippen LogP) is 3.39. The Morgan fingerprint density at radius 2 is 2.05 bits per heavy atom. The smallest absolute Gasteiger partial charge is 0.244 e. The zero-order valence-corrected chi connectivity index (χ0v) is 14.5. The van der Waals surface area contributed by atoms with Gasteiger partial charge in [-0.05, 0) is 37.0 Å². The van der Waals surface area contributed by atoms with Gasteiger partial charge in [0.15, 0.2) is 0 Å². The van der Waals surface area contributed by atoms with Gasteiger partial charge < -0.3 is 5.73 Å². The fourth-order valence-corrected chi connectivity index (χ4v) is 4.72. The molecule has 0 spiro atoms. The summed E-state index contributed by atoms with van der Waals surface area (Å²) in [7, 11) is -3.75. The molecule has 114 valence electrons. The number of halogens is 2. The van der Waals surface area contributed by atoms with E-state index in [0.29, 0.717) is 5.02 Å². The van der Waals surface area contributed by atoms with Crippen LogP contribution in [0.2, 0.25) is 10.0 Å². The lowest BCUT2D eigenvalue weighted by Gasteiger charge is -2.16. The summed E-state index contributed by atoms with van der Waals surface area (Å²) in [5.41, 5.74) is 5.76.